The van der Waals surface area contributed by atoms with Crippen LogP contribution in [0.25, 0.3) is 5.69 Å². The smallest absolute Gasteiger partial charge is 0.0831 e. The second-order valence-corrected chi connectivity index (χ2v) is 5.26. The van der Waals surface area contributed by atoms with Crippen LogP contribution in [-0.4, -0.2) is 20.8 Å². The molecule has 2 rings (SSSR count). The summed E-state index contributed by atoms with van der Waals surface area (Å²) < 4.78 is 1.88. The molecule has 4 nitrogen and oxygen atoms in total. The van der Waals surface area contributed by atoms with Gasteiger partial charge in [0.2, 0.25) is 0 Å². The van der Waals surface area contributed by atoms with Crippen LogP contribution in [-0.2, 0) is 6.42 Å². The largest absolute Gasteiger partial charge is 0.327 e. The molecule has 19 heavy (non-hydrogen) atoms. The summed E-state index contributed by atoms with van der Waals surface area (Å²) in [6.07, 6.45) is 7.53. The molecule has 102 valence electrons. The lowest BCUT2D eigenvalue weighted by molar-refractivity contribution is 0.644. The molecule has 4 heteroatoms. The topological polar surface area (TPSA) is 56.7 Å². The summed E-state index contributed by atoms with van der Waals surface area (Å²) in [6, 6.07) is 4.36. The van der Waals surface area contributed by atoms with Crippen LogP contribution in [0.1, 0.15) is 44.4 Å². The summed E-state index contributed by atoms with van der Waals surface area (Å²) in [6.45, 7) is 6.38. The van der Waals surface area contributed by atoms with E-state index in [2.05, 4.69) is 43.0 Å². The molecule has 2 aromatic rings. The maximum absolute atomic E-state index is 5.99. The lowest BCUT2D eigenvalue weighted by atomic mass is 10.1. The van der Waals surface area contributed by atoms with E-state index in [1.807, 2.05) is 23.3 Å². The molecule has 0 saturated carbocycles. The predicted octanol–water partition coefficient (Wildman–Crippen LogP) is 2.67. The minimum atomic E-state index is 0.195. The zero-order chi connectivity index (χ0) is 13.8. The Kier molecular flexibility index (Phi) is 4.32. The van der Waals surface area contributed by atoms with Gasteiger partial charge >= 0.3 is 0 Å². The molecule has 0 aliphatic rings. The van der Waals surface area contributed by atoms with Gasteiger partial charge in [0.25, 0.3) is 0 Å². The van der Waals surface area contributed by atoms with E-state index < -0.39 is 0 Å². The molecule has 0 spiro atoms. The standard InChI is InChI=1S/C15H22N4/c1-4-13(16)7-12-8-14(10-17-9-12)19-6-5-15(18-19)11(2)3/h5-6,8-11,13H,4,7,16H2,1-3H3. The number of aromatic nitrogens is 3. The molecular weight excluding hydrogens is 236 g/mol. The lowest BCUT2D eigenvalue weighted by Crippen LogP contribution is -2.21. The van der Waals surface area contributed by atoms with Gasteiger partial charge in [-0.1, -0.05) is 20.8 Å². The van der Waals surface area contributed by atoms with Crippen molar-refractivity contribution >= 4 is 0 Å². The summed E-state index contributed by atoms with van der Waals surface area (Å²) in [4.78, 5) is 4.29. The second kappa shape index (κ2) is 5.97. The molecule has 0 saturated heterocycles. The van der Waals surface area contributed by atoms with Gasteiger partial charge in [-0.3, -0.25) is 4.98 Å². The van der Waals surface area contributed by atoms with Crippen LogP contribution in [0.15, 0.2) is 30.7 Å². The van der Waals surface area contributed by atoms with Crippen LogP contribution < -0.4 is 5.73 Å². The van der Waals surface area contributed by atoms with Gasteiger partial charge in [-0.15, -0.1) is 0 Å². The number of nitrogens with zero attached hydrogens (tertiary/aromatic N) is 3. The van der Waals surface area contributed by atoms with Crippen molar-refractivity contribution in [1.29, 1.82) is 0 Å². The predicted molar refractivity (Wildman–Crippen MR) is 77.4 cm³/mol. The fraction of sp³-hybridized carbons (Fsp3) is 0.467. The van der Waals surface area contributed by atoms with Gasteiger partial charge in [0, 0.05) is 18.4 Å². The first kappa shape index (κ1) is 13.7. The lowest BCUT2D eigenvalue weighted by Gasteiger charge is -2.09. The number of hydrogen-bond acceptors (Lipinski definition) is 3. The summed E-state index contributed by atoms with van der Waals surface area (Å²) in [5.74, 6) is 0.436. The maximum atomic E-state index is 5.99. The number of nitrogens with two attached hydrogens (primary N) is 1. The molecule has 0 aliphatic heterocycles. The van der Waals surface area contributed by atoms with Crippen LogP contribution in [0, 0.1) is 0 Å². The van der Waals surface area contributed by atoms with Gasteiger partial charge in [-0.05, 0) is 36.5 Å². The summed E-state index contributed by atoms with van der Waals surface area (Å²) in [5, 5.41) is 4.57. The van der Waals surface area contributed by atoms with Gasteiger partial charge in [0.15, 0.2) is 0 Å². The minimum absolute atomic E-state index is 0.195. The highest BCUT2D eigenvalue weighted by molar-refractivity contribution is 5.32. The van der Waals surface area contributed by atoms with E-state index in [0.29, 0.717) is 5.92 Å². The van der Waals surface area contributed by atoms with Crippen molar-refractivity contribution in [2.24, 2.45) is 5.73 Å². The monoisotopic (exact) mass is 258 g/mol. The van der Waals surface area contributed by atoms with Crippen molar-refractivity contribution in [3.8, 4) is 5.69 Å². The van der Waals surface area contributed by atoms with Gasteiger partial charge in [-0.25, -0.2) is 4.68 Å². The Morgan fingerprint density at radius 3 is 2.74 bits per heavy atom. The van der Waals surface area contributed by atoms with Crippen LogP contribution in [0.5, 0.6) is 0 Å². The summed E-state index contributed by atoms with van der Waals surface area (Å²) in [7, 11) is 0. The average Bonchev–Trinajstić information content (AvgIpc) is 2.88. The van der Waals surface area contributed by atoms with Crippen molar-refractivity contribution in [2.45, 2.75) is 45.6 Å². The molecule has 0 fully saturated rings. The molecule has 0 amide bonds. The van der Waals surface area contributed by atoms with Crippen molar-refractivity contribution in [1.82, 2.24) is 14.8 Å². The third-order valence-corrected chi connectivity index (χ3v) is 3.27. The summed E-state index contributed by atoms with van der Waals surface area (Å²) >= 11 is 0. The molecular formula is C15H22N4. The van der Waals surface area contributed by atoms with Crippen molar-refractivity contribution in [3.05, 3.63) is 42.0 Å². The Morgan fingerprint density at radius 2 is 2.11 bits per heavy atom. The van der Waals surface area contributed by atoms with Crippen molar-refractivity contribution in [2.75, 3.05) is 0 Å². The third-order valence-electron chi connectivity index (χ3n) is 3.27. The van der Waals surface area contributed by atoms with E-state index in [4.69, 9.17) is 5.73 Å². The molecule has 0 aromatic carbocycles. The number of rotatable bonds is 5. The third kappa shape index (κ3) is 3.41. The maximum Gasteiger partial charge on any atom is 0.0831 e. The first-order valence-corrected chi connectivity index (χ1v) is 6.85. The highest BCUT2D eigenvalue weighted by Gasteiger charge is 2.07. The van der Waals surface area contributed by atoms with E-state index >= 15 is 0 Å². The second-order valence-electron chi connectivity index (χ2n) is 5.26. The van der Waals surface area contributed by atoms with Crippen LogP contribution in [0.3, 0.4) is 0 Å². The van der Waals surface area contributed by atoms with Crippen LogP contribution in [0.4, 0.5) is 0 Å². The average molecular weight is 258 g/mol. The Bertz CT molecular complexity index is 530. The fourth-order valence-corrected chi connectivity index (χ4v) is 1.95. The Labute approximate surface area is 114 Å². The molecule has 0 radical (unpaired) electrons. The van der Waals surface area contributed by atoms with Crippen LogP contribution in [0.2, 0.25) is 0 Å². The Balaban J connectivity index is 2.22. The molecule has 2 aromatic heterocycles. The number of pyridine rings is 1. The van der Waals surface area contributed by atoms with Crippen LogP contribution >= 0.6 is 0 Å². The van der Waals surface area contributed by atoms with Gasteiger partial charge < -0.3 is 5.73 Å². The zero-order valence-electron chi connectivity index (χ0n) is 11.9. The molecule has 0 aliphatic carbocycles. The van der Waals surface area contributed by atoms with Gasteiger partial charge in [0.05, 0.1) is 17.6 Å². The molecule has 0 bridgehead atoms. The Morgan fingerprint density at radius 1 is 1.32 bits per heavy atom. The molecule has 2 N–H and O–H groups in total. The van der Waals surface area contributed by atoms with E-state index in [0.717, 1.165) is 29.8 Å². The van der Waals surface area contributed by atoms with E-state index in [1.54, 1.807) is 0 Å². The van der Waals surface area contributed by atoms with Crippen molar-refractivity contribution < 1.29 is 0 Å². The summed E-state index contributed by atoms with van der Waals surface area (Å²) in [5.41, 5.74) is 9.23. The molecule has 1 atom stereocenters. The first-order valence-electron chi connectivity index (χ1n) is 6.85. The minimum Gasteiger partial charge on any atom is -0.327 e. The molecule has 1 unspecified atom stereocenters. The van der Waals surface area contributed by atoms with E-state index in [1.165, 1.54) is 0 Å². The fourth-order valence-electron chi connectivity index (χ4n) is 1.95. The SMILES string of the molecule is CCC(N)Cc1cncc(-n2ccc(C(C)C)n2)c1. The van der Waals surface area contributed by atoms with Crippen molar-refractivity contribution in [3.63, 3.8) is 0 Å². The highest BCUT2D eigenvalue weighted by atomic mass is 15.3. The van der Waals surface area contributed by atoms with Gasteiger partial charge in [-0.2, -0.15) is 5.10 Å². The Hall–Kier alpha value is -1.68. The highest BCUT2D eigenvalue weighted by Crippen LogP contribution is 2.15. The molecule has 2 heterocycles. The van der Waals surface area contributed by atoms with E-state index in [9.17, 15) is 0 Å². The first-order chi connectivity index (χ1) is 9.10. The van der Waals surface area contributed by atoms with E-state index in [-0.39, 0.29) is 6.04 Å². The number of hydrogen-bond donors (Lipinski definition) is 1. The normalized spacial score (nSPS) is 12.9. The quantitative estimate of drug-likeness (QED) is 0.897. The van der Waals surface area contributed by atoms with Gasteiger partial charge in [0.1, 0.15) is 0 Å². The zero-order valence-corrected chi connectivity index (χ0v) is 11.9.